The standard InChI is InChI=1S/C18H17NO3S/c1-3-21-18(20)17(14-7-5-4-6-8-14)22-16-10-9-15(23-12-19)11-13(16)2/h4-11,17H,3H2,1-2H3. The minimum absolute atomic E-state index is 0.294. The van der Waals surface area contributed by atoms with Gasteiger partial charge in [0.1, 0.15) is 11.2 Å². The maximum absolute atomic E-state index is 12.2. The number of thioether (sulfide) groups is 1. The van der Waals surface area contributed by atoms with E-state index in [4.69, 9.17) is 14.7 Å². The highest BCUT2D eigenvalue weighted by atomic mass is 32.2. The normalized spacial score (nSPS) is 11.3. The van der Waals surface area contributed by atoms with Crippen LogP contribution in [0.3, 0.4) is 0 Å². The molecule has 0 saturated carbocycles. The van der Waals surface area contributed by atoms with Crippen molar-refractivity contribution < 1.29 is 14.3 Å². The van der Waals surface area contributed by atoms with Gasteiger partial charge in [0.25, 0.3) is 0 Å². The van der Waals surface area contributed by atoms with Gasteiger partial charge in [-0.25, -0.2) is 4.79 Å². The Labute approximate surface area is 140 Å². The predicted molar refractivity (Wildman–Crippen MR) is 89.1 cm³/mol. The summed E-state index contributed by atoms with van der Waals surface area (Å²) in [5, 5.41) is 10.8. The van der Waals surface area contributed by atoms with Crippen molar-refractivity contribution in [2.45, 2.75) is 24.8 Å². The molecule has 5 heteroatoms. The van der Waals surface area contributed by atoms with Crippen LogP contribution in [0, 0.1) is 17.6 Å². The number of aryl methyl sites for hydroxylation is 1. The summed E-state index contributed by atoms with van der Waals surface area (Å²) in [4.78, 5) is 13.1. The van der Waals surface area contributed by atoms with Gasteiger partial charge in [0, 0.05) is 10.5 Å². The van der Waals surface area contributed by atoms with Crippen LogP contribution < -0.4 is 4.74 Å². The van der Waals surface area contributed by atoms with Crippen LogP contribution in [0.5, 0.6) is 5.75 Å². The van der Waals surface area contributed by atoms with Gasteiger partial charge in [0.05, 0.1) is 6.61 Å². The van der Waals surface area contributed by atoms with Crippen LogP contribution in [0.1, 0.15) is 24.2 Å². The van der Waals surface area contributed by atoms with Crippen LogP contribution in [0.2, 0.25) is 0 Å². The monoisotopic (exact) mass is 327 g/mol. The molecule has 0 bridgehead atoms. The molecule has 0 N–H and O–H groups in total. The highest BCUT2D eigenvalue weighted by Crippen LogP contribution is 2.29. The number of nitrogens with zero attached hydrogens (tertiary/aromatic N) is 1. The summed E-state index contributed by atoms with van der Waals surface area (Å²) in [6.07, 6.45) is -0.815. The van der Waals surface area contributed by atoms with Crippen molar-refractivity contribution in [2.24, 2.45) is 0 Å². The van der Waals surface area contributed by atoms with Crippen LogP contribution in [0.15, 0.2) is 53.4 Å². The molecule has 0 spiro atoms. The Bertz CT molecular complexity index is 710. The molecule has 0 heterocycles. The number of rotatable bonds is 6. The highest BCUT2D eigenvalue weighted by molar-refractivity contribution is 8.03. The average molecular weight is 327 g/mol. The second-order valence-electron chi connectivity index (χ2n) is 4.78. The first-order chi connectivity index (χ1) is 11.2. The van der Waals surface area contributed by atoms with E-state index in [0.29, 0.717) is 12.4 Å². The molecule has 118 valence electrons. The van der Waals surface area contributed by atoms with Crippen molar-refractivity contribution in [1.29, 1.82) is 5.26 Å². The summed E-state index contributed by atoms with van der Waals surface area (Å²) >= 11 is 1.09. The van der Waals surface area contributed by atoms with Crippen LogP contribution in [-0.4, -0.2) is 12.6 Å². The first-order valence-corrected chi connectivity index (χ1v) is 8.02. The first-order valence-electron chi connectivity index (χ1n) is 7.20. The van der Waals surface area contributed by atoms with Crippen molar-refractivity contribution in [3.63, 3.8) is 0 Å². The van der Waals surface area contributed by atoms with Crippen molar-refractivity contribution in [3.05, 3.63) is 59.7 Å². The molecule has 1 atom stereocenters. The van der Waals surface area contributed by atoms with Gasteiger partial charge in [-0.1, -0.05) is 30.3 Å². The number of hydrogen-bond acceptors (Lipinski definition) is 5. The third-order valence-corrected chi connectivity index (χ3v) is 3.74. The number of nitriles is 1. The second kappa shape index (κ2) is 8.25. The van der Waals surface area contributed by atoms with E-state index < -0.39 is 12.1 Å². The Balaban J connectivity index is 2.28. The summed E-state index contributed by atoms with van der Waals surface area (Å²) < 4.78 is 11.0. The molecule has 0 aliphatic rings. The third-order valence-electron chi connectivity index (χ3n) is 3.16. The van der Waals surface area contributed by atoms with Gasteiger partial charge in [-0.2, -0.15) is 5.26 Å². The first kappa shape index (κ1) is 16.9. The molecule has 2 rings (SSSR count). The minimum atomic E-state index is -0.815. The van der Waals surface area contributed by atoms with Gasteiger partial charge in [-0.15, -0.1) is 0 Å². The highest BCUT2D eigenvalue weighted by Gasteiger charge is 2.24. The lowest BCUT2D eigenvalue weighted by Gasteiger charge is -2.19. The van der Waals surface area contributed by atoms with E-state index in [2.05, 4.69) is 0 Å². The number of thiocyanates is 1. The summed E-state index contributed by atoms with van der Waals surface area (Å²) in [6, 6.07) is 14.7. The molecule has 0 saturated heterocycles. The number of benzene rings is 2. The molecule has 0 radical (unpaired) electrons. The second-order valence-corrected chi connectivity index (χ2v) is 5.64. The number of carbonyl (C=O) groups excluding carboxylic acids is 1. The van der Waals surface area contributed by atoms with Crippen LogP contribution >= 0.6 is 11.8 Å². The Morgan fingerprint density at radius 1 is 1.26 bits per heavy atom. The maximum Gasteiger partial charge on any atom is 0.352 e. The molecule has 4 nitrogen and oxygen atoms in total. The topological polar surface area (TPSA) is 59.3 Å². The van der Waals surface area contributed by atoms with Crippen molar-refractivity contribution >= 4 is 17.7 Å². The van der Waals surface area contributed by atoms with E-state index in [1.807, 2.05) is 48.7 Å². The molecule has 0 aliphatic heterocycles. The predicted octanol–water partition coefficient (Wildman–Crippen LogP) is 4.25. The zero-order valence-corrected chi connectivity index (χ0v) is 13.8. The van der Waals surface area contributed by atoms with Gasteiger partial charge < -0.3 is 9.47 Å². The molecule has 2 aromatic rings. The molecule has 1 unspecified atom stereocenters. The molecule has 0 fully saturated rings. The molecular weight excluding hydrogens is 310 g/mol. The number of carbonyl (C=O) groups is 1. The van der Waals surface area contributed by atoms with E-state index >= 15 is 0 Å². The lowest BCUT2D eigenvalue weighted by atomic mass is 10.1. The molecule has 0 aliphatic carbocycles. The number of hydrogen-bond donors (Lipinski definition) is 0. The van der Waals surface area contributed by atoms with Gasteiger partial charge >= 0.3 is 5.97 Å². The Morgan fingerprint density at radius 2 is 2.00 bits per heavy atom. The average Bonchev–Trinajstić information content (AvgIpc) is 2.55. The van der Waals surface area contributed by atoms with Crippen LogP contribution in [0.25, 0.3) is 0 Å². The minimum Gasteiger partial charge on any atom is -0.474 e. The lowest BCUT2D eigenvalue weighted by molar-refractivity contribution is -0.151. The van der Waals surface area contributed by atoms with Crippen LogP contribution in [-0.2, 0) is 9.53 Å². The Hall–Kier alpha value is -2.45. The van der Waals surface area contributed by atoms with Crippen molar-refractivity contribution in [2.75, 3.05) is 6.61 Å². The number of ether oxygens (including phenoxy) is 2. The van der Waals surface area contributed by atoms with Crippen LogP contribution in [0.4, 0.5) is 0 Å². The molecule has 23 heavy (non-hydrogen) atoms. The van der Waals surface area contributed by atoms with E-state index in [1.54, 1.807) is 19.1 Å². The fraction of sp³-hybridized carbons (Fsp3) is 0.222. The zero-order valence-electron chi connectivity index (χ0n) is 13.0. The Kier molecular flexibility index (Phi) is 6.07. The largest absolute Gasteiger partial charge is 0.474 e. The SMILES string of the molecule is CCOC(=O)C(Oc1ccc(SC#N)cc1C)c1ccccc1. The van der Waals surface area contributed by atoms with Gasteiger partial charge in [0.15, 0.2) is 0 Å². The summed E-state index contributed by atoms with van der Waals surface area (Å²) in [5.74, 6) is 0.169. The molecule has 2 aromatic carbocycles. The van der Waals surface area contributed by atoms with Gasteiger partial charge in [0.2, 0.25) is 6.10 Å². The fourth-order valence-corrected chi connectivity index (χ4v) is 2.57. The van der Waals surface area contributed by atoms with E-state index in [-0.39, 0.29) is 0 Å². The maximum atomic E-state index is 12.2. The lowest BCUT2D eigenvalue weighted by Crippen LogP contribution is -2.21. The van der Waals surface area contributed by atoms with Crippen molar-refractivity contribution in [3.8, 4) is 11.2 Å². The van der Waals surface area contributed by atoms with E-state index in [0.717, 1.165) is 27.8 Å². The van der Waals surface area contributed by atoms with Gasteiger partial charge in [-0.05, 0) is 49.4 Å². The fourth-order valence-electron chi connectivity index (χ4n) is 2.10. The van der Waals surface area contributed by atoms with E-state index in [1.165, 1.54) is 0 Å². The summed E-state index contributed by atoms with van der Waals surface area (Å²) in [7, 11) is 0. The molecule has 0 aromatic heterocycles. The zero-order chi connectivity index (χ0) is 16.7. The van der Waals surface area contributed by atoms with Crippen molar-refractivity contribution in [1.82, 2.24) is 0 Å². The summed E-state index contributed by atoms with van der Waals surface area (Å²) in [6.45, 7) is 3.94. The Morgan fingerprint density at radius 3 is 2.61 bits per heavy atom. The summed E-state index contributed by atoms with van der Waals surface area (Å²) in [5.41, 5.74) is 1.59. The quantitative estimate of drug-likeness (QED) is 0.451. The molecular formula is C18H17NO3S. The smallest absolute Gasteiger partial charge is 0.352 e. The number of esters is 1. The van der Waals surface area contributed by atoms with E-state index in [9.17, 15) is 4.79 Å². The molecule has 0 amide bonds. The third kappa shape index (κ3) is 4.51. The van der Waals surface area contributed by atoms with Gasteiger partial charge in [-0.3, -0.25) is 0 Å².